The minimum atomic E-state index is -4.26. The second kappa shape index (κ2) is 7.66. The van der Waals surface area contributed by atoms with Gasteiger partial charge in [0, 0.05) is 12.1 Å². The van der Waals surface area contributed by atoms with Crippen LogP contribution in [0.1, 0.15) is 6.92 Å². The summed E-state index contributed by atoms with van der Waals surface area (Å²) >= 11 is 0. The Morgan fingerprint density at radius 1 is 1.57 bits per heavy atom. The number of carboxylic acid groups (broad SMARTS) is 1. The molecule has 0 amide bonds. The van der Waals surface area contributed by atoms with Crippen molar-refractivity contribution in [3.05, 3.63) is 12.2 Å². The third-order valence-corrected chi connectivity index (χ3v) is 1.26. The zero-order chi connectivity index (χ0) is 11.8. The van der Waals surface area contributed by atoms with Crippen LogP contribution in [0.4, 0.5) is 0 Å². The first-order valence-electron chi connectivity index (χ1n) is 3.49. The smallest absolute Gasteiger partial charge is 0.469 e. The molecule has 0 spiro atoms. The first kappa shape index (κ1) is 15.7. The topological polar surface area (TPSA) is 130 Å². The SMILES string of the molecule is C=C(C)C(=O)O.NCCOP(=O)(O)O. The monoisotopic (exact) mass is 227 g/mol. The van der Waals surface area contributed by atoms with Gasteiger partial charge in [-0.15, -0.1) is 0 Å². The van der Waals surface area contributed by atoms with Crippen LogP contribution in [0.2, 0.25) is 0 Å². The van der Waals surface area contributed by atoms with Crippen molar-refractivity contribution < 1.29 is 28.8 Å². The van der Waals surface area contributed by atoms with Crippen LogP contribution in [0.3, 0.4) is 0 Å². The number of phosphoric acid groups is 1. The molecule has 0 heterocycles. The van der Waals surface area contributed by atoms with Crippen molar-refractivity contribution in [1.29, 1.82) is 0 Å². The van der Waals surface area contributed by atoms with E-state index in [4.69, 9.17) is 20.6 Å². The molecule has 14 heavy (non-hydrogen) atoms. The maximum atomic E-state index is 9.81. The Hall–Kier alpha value is -0.720. The molecule has 0 rings (SSSR count). The predicted molar refractivity (Wildman–Crippen MR) is 49.5 cm³/mol. The molecule has 0 saturated carbocycles. The summed E-state index contributed by atoms with van der Waals surface area (Å²) in [4.78, 5) is 25.6. The van der Waals surface area contributed by atoms with Crippen LogP contribution >= 0.6 is 7.82 Å². The summed E-state index contributed by atoms with van der Waals surface area (Å²) in [6.07, 6.45) is 0. The van der Waals surface area contributed by atoms with Crippen LogP contribution in [0.15, 0.2) is 12.2 Å². The minimum absolute atomic E-state index is 0.107. The molecular weight excluding hydrogens is 213 g/mol. The molecule has 0 aromatic heterocycles. The van der Waals surface area contributed by atoms with Crippen LogP contribution in [-0.4, -0.2) is 34.0 Å². The highest BCUT2D eigenvalue weighted by atomic mass is 31.2. The van der Waals surface area contributed by atoms with Gasteiger partial charge < -0.3 is 20.6 Å². The number of rotatable bonds is 4. The van der Waals surface area contributed by atoms with E-state index in [0.29, 0.717) is 0 Å². The van der Waals surface area contributed by atoms with Gasteiger partial charge in [-0.3, -0.25) is 4.52 Å². The molecule has 0 aliphatic heterocycles. The summed E-state index contributed by atoms with van der Waals surface area (Å²) in [6.45, 7) is 4.61. The Morgan fingerprint density at radius 2 is 1.93 bits per heavy atom. The molecule has 7 nitrogen and oxygen atoms in total. The average Bonchev–Trinajstić information content (AvgIpc) is 2.00. The first-order valence-corrected chi connectivity index (χ1v) is 5.02. The summed E-state index contributed by atoms with van der Waals surface area (Å²) in [5.74, 6) is -0.935. The Labute approximate surface area is 81.4 Å². The quantitative estimate of drug-likeness (QED) is 0.383. The van der Waals surface area contributed by atoms with Crippen molar-refractivity contribution in [2.24, 2.45) is 5.73 Å². The fourth-order valence-electron chi connectivity index (χ4n) is 0.172. The highest BCUT2D eigenvalue weighted by Crippen LogP contribution is 2.34. The Bertz CT molecular complexity index is 222. The largest absolute Gasteiger partial charge is 0.478 e. The van der Waals surface area contributed by atoms with Gasteiger partial charge in [0.1, 0.15) is 0 Å². The molecule has 8 heteroatoms. The van der Waals surface area contributed by atoms with Crippen LogP contribution in [0.5, 0.6) is 0 Å². The Balaban J connectivity index is 0. The number of carbonyl (C=O) groups is 1. The Kier molecular flexibility index (Phi) is 8.61. The van der Waals surface area contributed by atoms with E-state index in [1.807, 2.05) is 0 Å². The molecule has 0 unspecified atom stereocenters. The molecule has 0 aliphatic carbocycles. The van der Waals surface area contributed by atoms with Crippen LogP contribution in [0.25, 0.3) is 0 Å². The lowest BCUT2D eigenvalue weighted by Gasteiger charge is -2.00. The highest BCUT2D eigenvalue weighted by molar-refractivity contribution is 7.46. The molecule has 0 aliphatic rings. The van der Waals surface area contributed by atoms with E-state index < -0.39 is 13.8 Å². The molecule has 0 radical (unpaired) electrons. The van der Waals surface area contributed by atoms with E-state index in [0.717, 1.165) is 0 Å². The maximum absolute atomic E-state index is 9.81. The zero-order valence-corrected chi connectivity index (χ0v) is 8.61. The summed E-state index contributed by atoms with van der Waals surface area (Å²) in [7, 11) is -4.26. The van der Waals surface area contributed by atoms with Gasteiger partial charge in [0.05, 0.1) is 6.61 Å². The maximum Gasteiger partial charge on any atom is 0.469 e. The summed E-state index contributed by atoms with van der Waals surface area (Å²) in [6, 6.07) is 0. The van der Waals surface area contributed by atoms with Crippen molar-refractivity contribution in [2.75, 3.05) is 13.2 Å². The number of nitrogens with two attached hydrogens (primary N) is 1. The van der Waals surface area contributed by atoms with Gasteiger partial charge >= 0.3 is 13.8 Å². The molecule has 84 valence electrons. The standard InChI is InChI=1S/C4H6O2.C2H8NO4P/c1-3(2)4(5)6;3-1-2-7-8(4,5)6/h1H2,2H3,(H,5,6);1-3H2,(H2,4,5,6). The molecule has 0 atom stereocenters. The number of carboxylic acids is 1. The van der Waals surface area contributed by atoms with Crippen molar-refractivity contribution in [3.8, 4) is 0 Å². The normalized spacial score (nSPS) is 10.0. The average molecular weight is 227 g/mol. The highest BCUT2D eigenvalue weighted by Gasteiger charge is 2.11. The summed E-state index contributed by atoms with van der Waals surface area (Å²) < 4.78 is 13.7. The molecular formula is C6H14NO6P. The van der Waals surface area contributed by atoms with Crippen LogP contribution in [-0.2, 0) is 13.9 Å². The van der Waals surface area contributed by atoms with E-state index in [-0.39, 0.29) is 18.7 Å². The van der Waals surface area contributed by atoms with E-state index in [2.05, 4.69) is 11.1 Å². The fraction of sp³-hybridized carbons (Fsp3) is 0.500. The van der Waals surface area contributed by atoms with Crippen LogP contribution < -0.4 is 5.73 Å². The number of phosphoric ester groups is 1. The molecule has 0 saturated heterocycles. The zero-order valence-electron chi connectivity index (χ0n) is 7.71. The van der Waals surface area contributed by atoms with Gasteiger partial charge in [-0.2, -0.15) is 0 Å². The lowest BCUT2D eigenvalue weighted by molar-refractivity contribution is -0.132. The minimum Gasteiger partial charge on any atom is -0.478 e. The number of hydrogen-bond donors (Lipinski definition) is 4. The van der Waals surface area contributed by atoms with E-state index in [1.54, 1.807) is 0 Å². The first-order chi connectivity index (χ1) is 6.20. The fourth-order valence-corrected chi connectivity index (χ4v) is 0.515. The van der Waals surface area contributed by atoms with Crippen molar-refractivity contribution in [3.63, 3.8) is 0 Å². The summed E-state index contributed by atoms with van der Waals surface area (Å²) in [5.41, 5.74) is 5.04. The van der Waals surface area contributed by atoms with Gasteiger partial charge in [-0.1, -0.05) is 6.58 Å². The second-order valence-corrected chi connectivity index (χ2v) is 3.44. The third-order valence-electron chi connectivity index (χ3n) is 0.742. The number of aliphatic carboxylic acids is 1. The lowest BCUT2D eigenvalue weighted by Crippen LogP contribution is -2.06. The van der Waals surface area contributed by atoms with Crippen molar-refractivity contribution in [2.45, 2.75) is 6.92 Å². The molecule has 5 N–H and O–H groups in total. The molecule has 0 aromatic rings. The third kappa shape index (κ3) is 17.4. The summed E-state index contributed by atoms with van der Waals surface area (Å²) in [5, 5.41) is 7.89. The van der Waals surface area contributed by atoms with E-state index in [1.165, 1.54) is 6.92 Å². The van der Waals surface area contributed by atoms with E-state index >= 15 is 0 Å². The Morgan fingerprint density at radius 3 is 2.00 bits per heavy atom. The van der Waals surface area contributed by atoms with Crippen molar-refractivity contribution in [1.82, 2.24) is 0 Å². The van der Waals surface area contributed by atoms with E-state index in [9.17, 15) is 9.36 Å². The van der Waals surface area contributed by atoms with Gasteiger partial charge in [0.15, 0.2) is 0 Å². The van der Waals surface area contributed by atoms with Gasteiger partial charge in [-0.05, 0) is 6.92 Å². The van der Waals surface area contributed by atoms with Gasteiger partial charge in [0.2, 0.25) is 0 Å². The second-order valence-electron chi connectivity index (χ2n) is 2.20. The molecule has 0 fully saturated rings. The van der Waals surface area contributed by atoms with Crippen LogP contribution in [0, 0.1) is 0 Å². The lowest BCUT2D eigenvalue weighted by atomic mass is 10.4. The van der Waals surface area contributed by atoms with Gasteiger partial charge in [-0.25, -0.2) is 9.36 Å². The molecule has 0 bridgehead atoms. The predicted octanol–water partition coefficient (Wildman–Crippen LogP) is -0.298. The molecule has 0 aromatic carbocycles. The van der Waals surface area contributed by atoms with Crippen molar-refractivity contribution >= 4 is 13.8 Å². The number of hydrogen-bond acceptors (Lipinski definition) is 4. The van der Waals surface area contributed by atoms with Gasteiger partial charge in [0.25, 0.3) is 0 Å².